The van der Waals surface area contributed by atoms with Crippen molar-refractivity contribution in [3.63, 3.8) is 0 Å². The van der Waals surface area contributed by atoms with E-state index in [0.717, 1.165) is 0 Å². The number of hydrogen-bond donors (Lipinski definition) is 0. The molecule has 3 aromatic rings. The van der Waals surface area contributed by atoms with Gasteiger partial charge in [-0.15, -0.1) is 10.2 Å². The van der Waals surface area contributed by atoms with Gasteiger partial charge in [0.1, 0.15) is 11.5 Å². The summed E-state index contributed by atoms with van der Waals surface area (Å²) in [5.74, 6) is 1.84. The van der Waals surface area contributed by atoms with E-state index in [2.05, 4.69) is 10.2 Å². The van der Waals surface area contributed by atoms with Crippen LogP contribution in [0.5, 0.6) is 11.5 Å². The molecule has 7 nitrogen and oxygen atoms in total. The minimum atomic E-state index is -3.22. The highest BCUT2D eigenvalue weighted by Crippen LogP contribution is 2.28. The highest BCUT2D eigenvalue weighted by molar-refractivity contribution is 7.91. The molecule has 3 rings (SSSR count). The molecular weight excluding hydrogens is 356 g/mol. The molecule has 0 bridgehead atoms. The first-order valence-electron chi connectivity index (χ1n) is 7.95. The minimum Gasteiger partial charge on any atom is -0.496 e. The van der Waals surface area contributed by atoms with Crippen LogP contribution in [0.3, 0.4) is 0 Å². The lowest BCUT2D eigenvalue weighted by Crippen LogP contribution is -2.03. The van der Waals surface area contributed by atoms with Crippen LogP contribution < -0.4 is 9.47 Å². The molecule has 0 N–H and O–H groups in total. The first-order chi connectivity index (χ1) is 12.5. The number of sulfone groups is 1. The van der Waals surface area contributed by atoms with E-state index >= 15 is 0 Å². The van der Waals surface area contributed by atoms with Gasteiger partial charge in [0.2, 0.25) is 0 Å². The molecule has 0 spiro atoms. The number of methoxy groups -OCH3 is 1. The van der Waals surface area contributed by atoms with E-state index < -0.39 is 9.84 Å². The summed E-state index contributed by atoms with van der Waals surface area (Å²) in [6.45, 7) is 1.68. The second-order valence-electron chi connectivity index (χ2n) is 5.36. The van der Waals surface area contributed by atoms with Gasteiger partial charge in [0, 0.05) is 0 Å². The third-order valence-electron chi connectivity index (χ3n) is 3.73. The van der Waals surface area contributed by atoms with Gasteiger partial charge in [0.05, 0.1) is 23.3 Å². The van der Waals surface area contributed by atoms with Crippen LogP contribution >= 0.6 is 0 Å². The van der Waals surface area contributed by atoms with Crippen molar-refractivity contribution >= 4 is 9.84 Å². The predicted octanol–water partition coefficient (Wildman–Crippen LogP) is 3.12. The van der Waals surface area contributed by atoms with E-state index in [4.69, 9.17) is 13.9 Å². The van der Waals surface area contributed by atoms with E-state index in [1.165, 1.54) is 12.1 Å². The Hall–Kier alpha value is -2.87. The zero-order valence-corrected chi connectivity index (χ0v) is 15.2. The maximum absolute atomic E-state index is 11.8. The Bertz CT molecular complexity index is 981. The van der Waals surface area contributed by atoms with Crippen molar-refractivity contribution < 1.29 is 22.3 Å². The van der Waals surface area contributed by atoms with Crippen LogP contribution in [-0.4, -0.2) is 31.5 Å². The first kappa shape index (κ1) is 17.9. The molecule has 0 aliphatic carbocycles. The molecule has 8 heteroatoms. The monoisotopic (exact) mass is 374 g/mol. The highest BCUT2D eigenvalue weighted by atomic mass is 32.2. The molecule has 1 aromatic heterocycles. The second kappa shape index (κ2) is 7.57. The molecular formula is C18H18N2O5S. The Balaban J connectivity index is 1.69. The summed E-state index contributed by atoms with van der Waals surface area (Å²) >= 11 is 0. The summed E-state index contributed by atoms with van der Waals surface area (Å²) in [6.07, 6.45) is 0. The maximum Gasteiger partial charge on any atom is 0.254 e. The highest BCUT2D eigenvalue weighted by Gasteiger charge is 2.14. The normalized spacial score (nSPS) is 11.3. The lowest BCUT2D eigenvalue weighted by molar-refractivity contribution is 0.264. The third kappa shape index (κ3) is 3.85. The standard InChI is InChI=1S/C18H18N2O5S/c1-3-26(21,22)14-10-8-13(9-11-14)24-12-17-19-20-18(25-17)15-6-4-5-7-16(15)23-2/h4-11H,3,12H2,1-2H3. The summed E-state index contributed by atoms with van der Waals surface area (Å²) in [5, 5.41) is 7.97. The van der Waals surface area contributed by atoms with E-state index in [9.17, 15) is 8.42 Å². The average Bonchev–Trinajstić information content (AvgIpc) is 3.15. The zero-order chi connectivity index (χ0) is 18.6. The van der Waals surface area contributed by atoms with Crippen molar-refractivity contribution in [2.24, 2.45) is 0 Å². The van der Waals surface area contributed by atoms with Gasteiger partial charge in [-0.05, 0) is 36.4 Å². The minimum absolute atomic E-state index is 0.0565. The van der Waals surface area contributed by atoms with Crippen LogP contribution in [0.4, 0.5) is 0 Å². The summed E-state index contributed by atoms with van der Waals surface area (Å²) in [7, 11) is -1.65. The quantitative estimate of drug-likeness (QED) is 0.627. The van der Waals surface area contributed by atoms with Crippen LogP contribution in [0.1, 0.15) is 12.8 Å². The summed E-state index contributed by atoms with van der Waals surface area (Å²) in [4.78, 5) is 0.267. The largest absolute Gasteiger partial charge is 0.496 e. The topological polar surface area (TPSA) is 91.5 Å². The number of hydrogen-bond acceptors (Lipinski definition) is 7. The molecule has 26 heavy (non-hydrogen) atoms. The molecule has 0 radical (unpaired) electrons. The van der Waals surface area contributed by atoms with Crippen molar-refractivity contribution in [3.05, 3.63) is 54.4 Å². The fourth-order valence-corrected chi connectivity index (χ4v) is 3.18. The lowest BCUT2D eigenvalue weighted by Gasteiger charge is -2.05. The zero-order valence-electron chi connectivity index (χ0n) is 14.4. The molecule has 0 fully saturated rings. The molecule has 0 saturated heterocycles. The predicted molar refractivity (Wildman–Crippen MR) is 94.8 cm³/mol. The lowest BCUT2D eigenvalue weighted by atomic mass is 10.2. The average molecular weight is 374 g/mol. The number of para-hydroxylation sites is 1. The molecule has 0 unspecified atom stereocenters. The number of aromatic nitrogens is 2. The van der Waals surface area contributed by atoms with Crippen LogP contribution in [0.15, 0.2) is 57.8 Å². The van der Waals surface area contributed by atoms with Gasteiger partial charge in [-0.25, -0.2) is 8.42 Å². The Morgan fingerprint density at radius 2 is 1.77 bits per heavy atom. The molecule has 0 atom stereocenters. The SMILES string of the molecule is CCS(=O)(=O)c1ccc(OCc2nnc(-c3ccccc3OC)o2)cc1. The molecule has 1 heterocycles. The fourth-order valence-electron chi connectivity index (χ4n) is 2.30. The molecule has 136 valence electrons. The van der Waals surface area contributed by atoms with Crippen molar-refractivity contribution in [2.45, 2.75) is 18.4 Å². The van der Waals surface area contributed by atoms with Gasteiger partial charge >= 0.3 is 0 Å². The van der Waals surface area contributed by atoms with Crippen molar-refractivity contribution in [1.82, 2.24) is 10.2 Å². The van der Waals surface area contributed by atoms with E-state index in [1.54, 1.807) is 26.2 Å². The summed E-state index contributed by atoms with van der Waals surface area (Å²) < 4.78 is 40.1. The molecule has 0 amide bonds. The van der Waals surface area contributed by atoms with Crippen LogP contribution in [0, 0.1) is 0 Å². The maximum atomic E-state index is 11.8. The molecule has 2 aromatic carbocycles. The first-order valence-corrected chi connectivity index (χ1v) is 9.60. The molecule has 0 aliphatic heterocycles. The Labute approximate surface area is 151 Å². The van der Waals surface area contributed by atoms with Crippen LogP contribution in [-0.2, 0) is 16.4 Å². The Morgan fingerprint density at radius 1 is 1.04 bits per heavy atom. The van der Waals surface area contributed by atoms with Crippen LogP contribution in [0.25, 0.3) is 11.5 Å². The third-order valence-corrected chi connectivity index (χ3v) is 5.48. The van der Waals surface area contributed by atoms with Gasteiger partial charge in [-0.2, -0.15) is 0 Å². The van der Waals surface area contributed by atoms with E-state index in [0.29, 0.717) is 28.8 Å². The van der Waals surface area contributed by atoms with Gasteiger partial charge in [-0.1, -0.05) is 19.1 Å². The van der Waals surface area contributed by atoms with Gasteiger partial charge in [0.25, 0.3) is 11.8 Å². The summed E-state index contributed by atoms with van der Waals surface area (Å²) in [6, 6.07) is 13.6. The second-order valence-corrected chi connectivity index (χ2v) is 7.64. The number of benzene rings is 2. The molecule has 0 aliphatic rings. The Morgan fingerprint density at radius 3 is 2.46 bits per heavy atom. The van der Waals surface area contributed by atoms with Crippen molar-refractivity contribution in [1.29, 1.82) is 0 Å². The summed E-state index contributed by atoms with van der Waals surface area (Å²) in [5.41, 5.74) is 0.697. The van der Waals surface area contributed by atoms with E-state index in [1.807, 2.05) is 24.3 Å². The van der Waals surface area contributed by atoms with Gasteiger partial charge < -0.3 is 13.9 Å². The smallest absolute Gasteiger partial charge is 0.254 e. The fraction of sp³-hybridized carbons (Fsp3) is 0.222. The molecule has 0 saturated carbocycles. The van der Waals surface area contributed by atoms with Crippen molar-refractivity contribution in [3.8, 4) is 23.0 Å². The van der Waals surface area contributed by atoms with Gasteiger partial charge in [-0.3, -0.25) is 0 Å². The number of rotatable bonds is 7. The van der Waals surface area contributed by atoms with Crippen molar-refractivity contribution in [2.75, 3.05) is 12.9 Å². The Kier molecular flexibility index (Phi) is 5.22. The number of nitrogens with zero attached hydrogens (tertiary/aromatic N) is 2. The van der Waals surface area contributed by atoms with Crippen LogP contribution in [0.2, 0.25) is 0 Å². The van der Waals surface area contributed by atoms with Gasteiger partial charge in [0.15, 0.2) is 16.4 Å². The van der Waals surface area contributed by atoms with E-state index in [-0.39, 0.29) is 17.3 Å². The number of ether oxygens (including phenoxy) is 2.